The molecule has 2 aromatic carbocycles. The molecule has 2 heterocycles. The average molecular weight is 503 g/mol. The molecule has 1 aromatic heterocycles. The Bertz CT molecular complexity index is 1210. The molecule has 1 saturated carbocycles. The lowest BCUT2D eigenvalue weighted by molar-refractivity contribution is -0.148. The second-order valence-corrected chi connectivity index (χ2v) is 9.52. The van der Waals surface area contributed by atoms with Crippen molar-refractivity contribution in [2.45, 2.75) is 43.8 Å². The molecule has 0 N–H and O–H groups in total. The molecule has 2 aliphatic rings. The summed E-state index contributed by atoms with van der Waals surface area (Å²) in [6, 6.07) is 12.2. The van der Waals surface area contributed by atoms with Gasteiger partial charge in [0.2, 0.25) is 0 Å². The molecule has 0 bridgehead atoms. The van der Waals surface area contributed by atoms with Crippen LogP contribution in [0.5, 0.6) is 0 Å². The van der Waals surface area contributed by atoms with E-state index < -0.39 is 18.6 Å². The summed E-state index contributed by atoms with van der Waals surface area (Å²) in [5, 5.41) is 5.03. The maximum Gasteiger partial charge on any atom is 0.290 e. The molecule has 4 nitrogen and oxygen atoms in total. The number of alkyl halides is 2. The van der Waals surface area contributed by atoms with Gasteiger partial charge in [-0.1, -0.05) is 40.3 Å². The molecule has 5 rings (SSSR count). The molecular weight excluding hydrogens is 481 g/mol. The molecule has 34 heavy (non-hydrogen) atoms. The van der Waals surface area contributed by atoms with Gasteiger partial charge in [0.1, 0.15) is 17.6 Å². The lowest BCUT2D eigenvalue weighted by Crippen LogP contribution is -2.52. The van der Waals surface area contributed by atoms with E-state index in [9.17, 15) is 0 Å². The molecule has 3 aromatic rings. The minimum Gasteiger partial charge on any atom is -0.367 e. The van der Waals surface area contributed by atoms with Crippen molar-refractivity contribution in [2.75, 3.05) is 18.0 Å². The van der Waals surface area contributed by atoms with Crippen LogP contribution in [0.15, 0.2) is 47.0 Å². The van der Waals surface area contributed by atoms with Crippen LogP contribution in [0.3, 0.4) is 0 Å². The van der Waals surface area contributed by atoms with Gasteiger partial charge in [-0.15, -0.1) is 6.42 Å². The molecule has 176 valence electrons. The zero-order valence-electron chi connectivity index (χ0n) is 18.2. The summed E-state index contributed by atoms with van der Waals surface area (Å²) >= 11 is 12.8. The monoisotopic (exact) mass is 502 g/mol. The first kappa shape index (κ1) is 23.2. The fourth-order valence-electron chi connectivity index (χ4n) is 4.35. The van der Waals surface area contributed by atoms with Gasteiger partial charge < -0.3 is 14.2 Å². The van der Waals surface area contributed by atoms with Crippen LogP contribution in [-0.2, 0) is 11.3 Å². The zero-order valence-corrected chi connectivity index (χ0v) is 19.8. The predicted molar refractivity (Wildman–Crippen MR) is 129 cm³/mol. The highest BCUT2D eigenvalue weighted by Gasteiger charge is 2.46. The van der Waals surface area contributed by atoms with Gasteiger partial charge in [0, 0.05) is 34.8 Å². The molecule has 0 radical (unpaired) electrons. The number of terminal acetylenes is 1. The Morgan fingerprint density at radius 3 is 2.44 bits per heavy atom. The first-order chi connectivity index (χ1) is 16.4. The van der Waals surface area contributed by atoms with Gasteiger partial charge in [-0.2, -0.15) is 0 Å². The van der Waals surface area contributed by atoms with Crippen molar-refractivity contribution in [3.8, 4) is 23.6 Å². The number of ether oxygens (including phenoxy) is 1. The van der Waals surface area contributed by atoms with Crippen LogP contribution in [-0.4, -0.2) is 30.3 Å². The Morgan fingerprint density at radius 2 is 1.82 bits per heavy atom. The normalized spacial score (nSPS) is 19.7. The van der Waals surface area contributed by atoms with Crippen molar-refractivity contribution in [1.82, 2.24) is 5.16 Å². The van der Waals surface area contributed by atoms with E-state index in [1.54, 1.807) is 47.4 Å². The number of rotatable bonds is 6. The first-order valence-corrected chi connectivity index (χ1v) is 11.9. The van der Waals surface area contributed by atoms with Gasteiger partial charge in [-0.05, 0) is 55.7 Å². The van der Waals surface area contributed by atoms with Crippen LogP contribution in [0.4, 0.5) is 14.5 Å². The van der Waals surface area contributed by atoms with Gasteiger partial charge in [0.15, 0.2) is 0 Å². The van der Waals surface area contributed by atoms with E-state index >= 15 is 8.78 Å². The number of aromatic nitrogens is 1. The van der Waals surface area contributed by atoms with Crippen molar-refractivity contribution in [2.24, 2.45) is 0 Å². The highest BCUT2D eigenvalue weighted by Crippen LogP contribution is 2.46. The largest absolute Gasteiger partial charge is 0.367 e. The van der Waals surface area contributed by atoms with Crippen LogP contribution in [0.25, 0.3) is 11.3 Å². The van der Waals surface area contributed by atoms with E-state index in [2.05, 4.69) is 11.1 Å². The maximum atomic E-state index is 15.1. The summed E-state index contributed by atoms with van der Waals surface area (Å²) in [6.45, 7) is -0.0449. The Labute approximate surface area is 206 Å². The van der Waals surface area contributed by atoms with Crippen LogP contribution >= 0.6 is 23.2 Å². The number of halogens is 4. The number of benzene rings is 2. The van der Waals surface area contributed by atoms with Gasteiger partial charge in [-0.3, -0.25) is 0 Å². The van der Waals surface area contributed by atoms with Gasteiger partial charge in [-0.25, -0.2) is 8.78 Å². The van der Waals surface area contributed by atoms with Crippen molar-refractivity contribution in [3.05, 3.63) is 69.4 Å². The highest BCUT2D eigenvalue weighted by atomic mass is 35.5. The zero-order chi connectivity index (χ0) is 23.9. The number of anilines is 1. The van der Waals surface area contributed by atoms with E-state index in [1.165, 1.54) is 0 Å². The SMILES string of the molecule is C#Cc1ccc(N2CCC(OCc3c(-c4c(Cl)cccc4Cl)noc3C3CC3)C(F)(F)C2)cc1. The third-order valence-corrected chi connectivity index (χ3v) is 6.96. The van der Waals surface area contributed by atoms with Crippen LogP contribution < -0.4 is 4.90 Å². The quantitative estimate of drug-likeness (QED) is 0.342. The summed E-state index contributed by atoms with van der Waals surface area (Å²) in [6.07, 6.45) is 6.26. The van der Waals surface area contributed by atoms with Crippen molar-refractivity contribution >= 4 is 28.9 Å². The minimum absolute atomic E-state index is 0.0522. The van der Waals surface area contributed by atoms with Crippen LogP contribution in [0.2, 0.25) is 10.0 Å². The third kappa shape index (κ3) is 4.53. The molecule has 1 aliphatic heterocycles. The van der Waals surface area contributed by atoms with Crippen molar-refractivity contribution in [3.63, 3.8) is 0 Å². The molecule has 2 fully saturated rings. The fourth-order valence-corrected chi connectivity index (χ4v) is 4.92. The number of hydrogen-bond donors (Lipinski definition) is 0. The highest BCUT2D eigenvalue weighted by molar-refractivity contribution is 6.39. The van der Waals surface area contributed by atoms with Crippen LogP contribution in [0, 0.1) is 12.3 Å². The van der Waals surface area contributed by atoms with E-state index in [4.69, 9.17) is 38.9 Å². The number of piperidine rings is 1. The third-order valence-electron chi connectivity index (χ3n) is 6.33. The molecular formula is C26H22Cl2F2N2O2. The van der Waals surface area contributed by atoms with E-state index in [1.807, 2.05) is 0 Å². The van der Waals surface area contributed by atoms with Gasteiger partial charge in [0.25, 0.3) is 5.92 Å². The Kier molecular flexibility index (Phi) is 6.28. The lowest BCUT2D eigenvalue weighted by Gasteiger charge is -2.39. The average Bonchev–Trinajstić information content (AvgIpc) is 3.58. The summed E-state index contributed by atoms with van der Waals surface area (Å²) < 4.78 is 41.7. The Balaban J connectivity index is 1.34. The van der Waals surface area contributed by atoms with Crippen LogP contribution in [0.1, 0.15) is 42.1 Å². The van der Waals surface area contributed by atoms with Gasteiger partial charge >= 0.3 is 0 Å². The van der Waals surface area contributed by atoms with Crippen molar-refractivity contribution in [1.29, 1.82) is 0 Å². The Hall–Kier alpha value is -2.59. The second-order valence-electron chi connectivity index (χ2n) is 8.71. The smallest absolute Gasteiger partial charge is 0.290 e. The standard InChI is InChI=1S/C26H22Cl2F2N2O2/c1-2-16-6-10-18(11-7-16)32-13-12-22(26(29,30)15-32)33-14-19-24(31-34-25(19)17-8-9-17)23-20(27)4-3-5-21(23)28/h1,3-7,10-11,17,22H,8-9,12-15H2. The summed E-state index contributed by atoms with van der Waals surface area (Å²) in [5.74, 6) is 0.379. The Morgan fingerprint density at radius 1 is 1.12 bits per heavy atom. The number of nitrogens with zero attached hydrogens (tertiary/aromatic N) is 2. The molecule has 1 saturated heterocycles. The predicted octanol–water partition coefficient (Wildman–Crippen LogP) is 6.94. The molecule has 0 amide bonds. The molecule has 0 spiro atoms. The fraction of sp³-hybridized carbons (Fsp3) is 0.346. The second kappa shape index (κ2) is 9.22. The van der Waals surface area contributed by atoms with Crippen molar-refractivity contribution < 1.29 is 18.0 Å². The number of hydrogen-bond acceptors (Lipinski definition) is 4. The maximum absolute atomic E-state index is 15.1. The van der Waals surface area contributed by atoms with E-state index in [0.717, 1.165) is 12.8 Å². The lowest BCUT2D eigenvalue weighted by atomic mass is 10.0. The first-order valence-electron chi connectivity index (χ1n) is 11.1. The summed E-state index contributed by atoms with van der Waals surface area (Å²) in [4.78, 5) is 1.66. The molecule has 1 aliphatic carbocycles. The molecule has 1 unspecified atom stereocenters. The molecule has 1 atom stereocenters. The van der Waals surface area contributed by atoms with E-state index in [-0.39, 0.29) is 18.9 Å². The topological polar surface area (TPSA) is 38.5 Å². The van der Waals surface area contributed by atoms with Gasteiger partial charge in [0.05, 0.1) is 23.2 Å². The molecule has 8 heteroatoms. The minimum atomic E-state index is -3.04. The summed E-state index contributed by atoms with van der Waals surface area (Å²) in [7, 11) is 0. The van der Waals surface area contributed by atoms with E-state index in [0.29, 0.717) is 50.4 Å². The summed E-state index contributed by atoms with van der Waals surface area (Å²) in [5.41, 5.74) is 3.04.